The molecule has 2 heterocycles. The Morgan fingerprint density at radius 1 is 1.36 bits per heavy atom. The van der Waals surface area contributed by atoms with E-state index in [4.69, 9.17) is 11.6 Å². The minimum absolute atomic E-state index is 0.0331. The van der Waals surface area contributed by atoms with Gasteiger partial charge in [-0.25, -0.2) is 0 Å². The summed E-state index contributed by atoms with van der Waals surface area (Å²) in [4.78, 5) is 16.2. The maximum Gasteiger partial charge on any atom is 0.241 e. The molecule has 1 amide bonds. The number of likely N-dealkylation sites (tertiary alicyclic amines) is 1. The molecule has 1 aromatic heterocycles. The van der Waals surface area contributed by atoms with E-state index in [0.29, 0.717) is 11.1 Å². The number of benzene rings is 1. The van der Waals surface area contributed by atoms with Crippen molar-refractivity contribution in [3.8, 4) is 0 Å². The normalized spacial score (nSPS) is 20.0. The number of hydrogen-bond donors (Lipinski definition) is 1. The summed E-state index contributed by atoms with van der Waals surface area (Å²) >= 11 is 7.64. The zero-order chi connectivity index (χ0) is 15.5. The van der Waals surface area contributed by atoms with Gasteiger partial charge in [0.15, 0.2) is 0 Å². The van der Waals surface area contributed by atoms with Crippen molar-refractivity contribution < 1.29 is 4.79 Å². The van der Waals surface area contributed by atoms with Gasteiger partial charge >= 0.3 is 0 Å². The molecule has 0 bridgehead atoms. The summed E-state index contributed by atoms with van der Waals surface area (Å²) in [5.74, 6) is 0.0331. The van der Waals surface area contributed by atoms with E-state index in [1.54, 1.807) is 23.5 Å². The van der Waals surface area contributed by atoms with Crippen molar-refractivity contribution in [3.63, 3.8) is 0 Å². The van der Waals surface area contributed by atoms with Gasteiger partial charge in [0.25, 0.3) is 0 Å². The molecule has 22 heavy (non-hydrogen) atoms. The first-order valence-corrected chi connectivity index (χ1v) is 8.76. The lowest BCUT2D eigenvalue weighted by Crippen LogP contribution is -2.41. The Kier molecular flexibility index (Phi) is 4.81. The third-order valence-electron chi connectivity index (χ3n) is 4.15. The van der Waals surface area contributed by atoms with Gasteiger partial charge in [0.1, 0.15) is 0 Å². The van der Waals surface area contributed by atoms with Gasteiger partial charge in [-0.2, -0.15) is 0 Å². The van der Waals surface area contributed by atoms with Crippen LogP contribution in [0.25, 0.3) is 0 Å². The number of rotatable bonds is 4. The van der Waals surface area contributed by atoms with Crippen LogP contribution in [0.1, 0.15) is 30.7 Å². The van der Waals surface area contributed by atoms with Crippen molar-refractivity contribution in [1.29, 1.82) is 0 Å². The van der Waals surface area contributed by atoms with Crippen LogP contribution >= 0.6 is 22.9 Å². The molecule has 1 fully saturated rings. The largest absolute Gasteiger partial charge is 0.325 e. The average molecular weight is 335 g/mol. The van der Waals surface area contributed by atoms with Crippen LogP contribution in [0.15, 0.2) is 41.8 Å². The van der Waals surface area contributed by atoms with Crippen LogP contribution in [0.2, 0.25) is 5.02 Å². The third-order valence-corrected chi connectivity index (χ3v) is 5.38. The molecule has 1 aliphatic heterocycles. The number of nitrogens with one attached hydrogen (secondary N) is 1. The van der Waals surface area contributed by atoms with Gasteiger partial charge in [-0.15, -0.1) is 11.3 Å². The molecule has 0 unspecified atom stereocenters. The fourth-order valence-electron chi connectivity index (χ4n) is 2.97. The summed E-state index contributed by atoms with van der Waals surface area (Å²) in [5, 5.41) is 5.75. The van der Waals surface area contributed by atoms with Crippen molar-refractivity contribution in [2.75, 3.05) is 11.9 Å². The fraction of sp³-hybridized carbons (Fsp3) is 0.353. The van der Waals surface area contributed by atoms with Crippen LogP contribution in [-0.4, -0.2) is 23.4 Å². The van der Waals surface area contributed by atoms with Gasteiger partial charge in [0, 0.05) is 21.6 Å². The molecule has 0 aliphatic carbocycles. The quantitative estimate of drug-likeness (QED) is 0.888. The number of halogens is 1. The highest BCUT2D eigenvalue weighted by molar-refractivity contribution is 7.10. The van der Waals surface area contributed by atoms with Crippen molar-refractivity contribution >= 4 is 34.5 Å². The summed E-state index contributed by atoms with van der Waals surface area (Å²) < 4.78 is 0. The summed E-state index contributed by atoms with van der Waals surface area (Å²) in [5.41, 5.74) is 0.785. The van der Waals surface area contributed by atoms with Crippen molar-refractivity contribution in [3.05, 3.63) is 51.7 Å². The Balaban J connectivity index is 1.68. The van der Waals surface area contributed by atoms with Crippen LogP contribution in [0.5, 0.6) is 0 Å². The topological polar surface area (TPSA) is 32.3 Å². The minimum Gasteiger partial charge on any atom is -0.325 e. The van der Waals surface area contributed by atoms with Crippen molar-refractivity contribution in [1.82, 2.24) is 4.90 Å². The number of hydrogen-bond acceptors (Lipinski definition) is 3. The number of thiophene rings is 1. The second-order valence-corrected chi connectivity index (χ2v) is 7.00. The number of carbonyl (C=O) groups excluding carboxylic acids is 1. The first-order valence-electron chi connectivity index (χ1n) is 7.51. The van der Waals surface area contributed by atoms with Crippen molar-refractivity contribution in [2.24, 2.45) is 0 Å². The van der Waals surface area contributed by atoms with Gasteiger partial charge in [-0.1, -0.05) is 17.7 Å². The van der Waals surface area contributed by atoms with E-state index >= 15 is 0 Å². The molecule has 5 heteroatoms. The molecule has 2 aromatic rings. The van der Waals surface area contributed by atoms with E-state index in [2.05, 4.69) is 27.7 Å². The lowest BCUT2D eigenvalue weighted by Gasteiger charge is -2.29. The molecular weight excluding hydrogens is 316 g/mol. The first-order chi connectivity index (χ1) is 10.6. The van der Waals surface area contributed by atoms with E-state index < -0.39 is 0 Å². The minimum atomic E-state index is -0.148. The molecular formula is C17H19ClN2OS. The summed E-state index contributed by atoms with van der Waals surface area (Å²) in [6.07, 6.45) is 2.26. The monoisotopic (exact) mass is 334 g/mol. The maximum absolute atomic E-state index is 12.5. The Labute approximate surface area is 139 Å². The molecule has 1 saturated heterocycles. The van der Waals surface area contributed by atoms with E-state index in [0.717, 1.165) is 25.1 Å². The molecule has 1 aliphatic rings. The predicted octanol–water partition coefficient (Wildman–Crippen LogP) is 4.57. The van der Waals surface area contributed by atoms with Crippen LogP contribution in [0, 0.1) is 0 Å². The highest BCUT2D eigenvalue weighted by Gasteiger charge is 2.33. The smallest absolute Gasteiger partial charge is 0.241 e. The molecule has 3 nitrogen and oxygen atoms in total. The molecule has 3 rings (SSSR count). The summed E-state index contributed by atoms with van der Waals surface area (Å²) in [6.45, 7) is 2.95. The zero-order valence-electron chi connectivity index (χ0n) is 12.5. The highest BCUT2D eigenvalue weighted by atomic mass is 35.5. The Morgan fingerprint density at radius 2 is 2.14 bits per heavy atom. The fourth-order valence-corrected chi connectivity index (χ4v) is 3.98. The lowest BCUT2D eigenvalue weighted by atomic mass is 10.1. The van der Waals surface area contributed by atoms with E-state index in [-0.39, 0.29) is 11.9 Å². The van der Waals surface area contributed by atoms with Crippen molar-refractivity contribution in [2.45, 2.75) is 31.8 Å². The number of carbonyl (C=O) groups is 1. The number of anilines is 1. The van der Waals surface area contributed by atoms with Crippen LogP contribution in [0.3, 0.4) is 0 Å². The predicted molar refractivity (Wildman–Crippen MR) is 92.5 cm³/mol. The summed E-state index contributed by atoms with van der Waals surface area (Å²) in [7, 11) is 0. The van der Waals surface area contributed by atoms with Gasteiger partial charge in [-0.3, -0.25) is 9.69 Å². The zero-order valence-corrected chi connectivity index (χ0v) is 14.0. The van der Waals surface area contributed by atoms with Crippen LogP contribution in [0.4, 0.5) is 5.69 Å². The first kappa shape index (κ1) is 15.5. The van der Waals surface area contributed by atoms with Gasteiger partial charge in [0.2, 0.25) is 5.91 Å². The number of amides is 1. The Hall–Kier alpha value is -1.36. The van der Waals surface area contributed by atoms with E-state index in [1.807, 2.05) is 19.1 Å². The second kappa shape index (κ2) is 6.82. The third kappa shape index (κ3) is 3.35. The molecule has 2 atom stereocenters. The molecule has 0 saturated carbocycles. The number of nitrogens with zero attached hydrogens (tertiary/aromatic N) is 1. The van der Waals surface area contributed by atoms with Crippen LogP contribution in [-0.2, 0) is 4.79 Å². The molecule has 1 N–H and O–H groups in total. The maximum atomic E-state index is 12.5. The lowest BCUT2D eigenvalue weighted by molar-refractivity contribution is -0.121. The molecule has 0 spiro atoms. The SMILES string of the molecule is C[C@@H](C(=O)Nc1ccc(Cl)cc1)N1CCC[C@H]1c1cccs1. The van der Waals surface area contributed by atoms with E-state index in [9.17, 15) is 4.79 Å². The highest BCUT2D eigenvalue weighted by Crippen LogP contribution is 2.36. The van der Waals surface area contributed by atoms with Gasteiger partial charge in [0.05, 0.1) is 6.04 Å². The molecule has 116 valence electrons. The average Bonchev–Trinajstić information content (AvgIpc) is 3.19. The standard InChI is InChI=1S/C17H19ClN2OS/c1-12(17(21)19-14-8-6-13(18)7-9-14)20-10-2-4-15(20)16-5-3-11-22-16/h3,5-9,11-12,15H,2,4,10H2,1H3,(H,19,21)/t12-,15-/m0/s1. The molecule has 1 aromatic carbocycles. The second-order valence-electron chi connectivity index (χ2n) is 5.58. The van der Waals surface area contributed by atoms with Crippen LogP contribution < -0.4 is 5.32 Å². The van der Waals surface area contributed by atoms with E-state index in [1.165, 1.54) is 4.88 Å². The molecule has 0 radical (unpaired) electrons. The summed E-state index contributed by atoms with van der Waals surface area (Å²) in [6, 6.07) is 11.7. The Bertz CT molecular complexity index is 627. The van der Waals surface area contributed by atoms with Gasteiger partial charge < -0.3 is 5.32 Å². The van der Waals surface area contributed by atoms with Gasteiger partial charge in [-0.05, 0) is 62.0 Å². The Morgan fingerprint density at radius 3 is 2.82 bits per heavy atom.